The van der Waals surface area contributed by atoms with E-state index in [4.69, 9.17) is 9.15 Å². The van der Waals surface area contributed by atoms with Crippen LogP contribution in [0.1, 0.15) is 30.3 Å². The molecule has 1 aliphatic rings. The predicted octanol–water partition coefficient (Wildman–Crippen LogP) is 2.85. The Kier molecular flexibility index (Phi) is 4.13. The molecule has 0 radical (unpaired) electrons. The van der Waals surface area contributed by atoms with Crippen LogP contribution in [0.25, 0.3) is 11.0 Å². The average molecular weight is 301 g/mol. The summed E-state index contributed by atoms with van der Waals surface area (Å²) in [4.78, 5) is 26.1. The normalized spacial score (nSPS) is 18.4. The van der Waals surface area contributed by atoms with Crippen molar-refractivity contribution < 1.29 is 18.7 Å². The monoisotopic (exact) mass is 301 g/mol. The van der Waals surface area contributed by atoms with Gasteiger partial charge in [-0.05, 0) is 31.9 Å². The smallest absolute Gasteiger partial charge is 0.310 e. The molecule has 0 bridgehead atoms. The minimum absolute atomic E-state index is 0.162. The van der Waals surface area contributed by atoms with Gasteiger partial charge in [-0.1, -0.05) is 18.2 Å². The number of piperidine rings is 1. The van der Waals surface area contributed by atoms with Gasteiger partial charge in [-0.2, -0.15) is 0 Å². The third-order valence-corrected chi connectivity index (χ3v) is 3.96. The lowest BCUT2D eigenvalue weighted by molar-refractivity contribution is -0.149. The van der Waals surface area contributed by atoms with Gasteiger partial charge in [0.15, 0.2) is 5.76 Å². The van der Waals surface area contributed by atoms with Gasteiger partial charge in [0.05, 0.1) is 12.5 Å². The number of nitrogens with zero attached hydrogens (tertiary/aromatic N) is 1. The van der Waals surface area contributed by atoms with E-state index in [1.807, 2.05) is 24.3 Å². The van der Waals surface area contributed by atoms with E-state index < -0.39 is 0 Å². The minimum atomic E-state index is -0.234. The Balaban J connectivity index is 1.75. The topological polar surface area (TPSA) is 59.8 Å². The van der Waals surface area contributed by atoms with Gasteiger partial charge >= 0.3 is 5.97 Å². The van der Waals surface area contributed by atoms with Crippen molar-refractivity contribution in [2.24, 2.45) is 5.92 Å². The Bertz CT molecular complexity index is 658. The SMILES string of the molecule is CCOC(=O)C1CCCN(C(=O)c2cc3ccccc3o2)C1. The van der Waals surface area contributed by atoms with E-state index in [1.165, 1.54) is 0 Å². The molecule has 0 aliphatic carbocycles. The number of para-hydroxylation sites is 1. The average Bonchev–Trinajstić information content (AvgIpc) is 2.98. The van der Waals surface area contributed by atoms with Crippen LogP contribution in [0.3, 0.4) is 0 Å². The van der Waals surface area contributed by atoms with E-state index in [9.17, 15) is 9.59 Å². The largest absolute Gasteiger partial charge is 0.466 e. The molecule has 1 unspecified atom stereocenters. The second-order valence-corrected chi connectivity index (χ2v) is 5.49. The van der Waals surface area contributed by atoms with Gasteiger partial charge in [0, 0.05) is 18.5 Å². The van der Waals surface area contributed by atoms with E-state index in [2.05, 4.69) is 0 Å². The molecule has 1 aliphatic heterocycles. The zero-order valence-electron chi connectivity index (χ0n) is 12.6. The number of furan rings is 1. The number of hydrogen-bond donors (Lipinski definition) is 0. The molecular formula is C17H19NO4. The third kappa shape index (κ3) is 2.84. The Labute approximate surface area is 128 Å². The first-order chi connectivity index (χ1) is 10.7. The Morgan fingerprint density at radius 1 is 1.36 bits per heavy atom. The number of ether oxygens (including phenoxy) is 1. The van der Waals surface area contributed by atoms with Gasteiger partial charge in [0.2, 0.25) is 0 Å². The number of fused-ring (bicyclic) bond motifs is 1. The maximum absolute atomic E-state index is 12.6. The molecule has 1 saturated heterocycles. The molecule has 1 aromatic carbocycles. The first kappa shape index (κ1) is 14.6. The van der Waals surface area contributed by atoms with Crippen molar-refractivity contribution in [3.63, 3.8) is 0 Å². The quantitative estimate of drug-likeness (QED) is 0.818. The summed E-state index contributed by atoms with van der Waals surface area (Å²) in [6.45, 7) is 3.20. The number of rotatable bonds is 3. The lowest BCUT2D eigenvalue weighted by Gasteiger charge is -2.30. The van der Waals surface area contributed by atoms with Crippen molar-refractivity contribution in [1.82, 2.24) is 4.90 Å². The maximum atomic E-state index is 12.6. The van der Waals surface area contributed by atoms with Crippen LogP contribution in [0.5, 0.6) is 0 Å². The number of hydrogen-bond acceptors (Lipinski definition) is 4. The molecule has 0 saturated carbocycles. The second kappa shape index (κ2) is 6.22. The molecule has 1 fully saturated rings. The molecular weight excluding hydrogens is 282 g/mol. The van der Waals surface area contributed by atoms with Crippen molar-refractivity contribution in [2.75, 3.05) is 19.7 Å². The van der Waals surface area contributed by atoms with Crippen LogP contribution in [0.4, 0.5) is 0 Å². The summed E-state index contributed by atoms with van der Waals surface area (Å²) in [5.74, 6) is -0.289. The molecule has 3 rings (SSSR count). The molecule has 0 N–H and O–H groups in total. The van der Waals surface area contributed by atoms with Crippen molar-refractivity contribution in [3.05, 3.63) is 36.1 Å². The Morgan fingerprint density at radius 2 is 2.18 bits per heavy atom. The summed E-state index contributed by atoms with van der Waals surface area (Å²) in [7, 11) is 0. The third-order valence-electron chi connectivity index (χ3n) is 3.96. The van der Waals surface area contributed by atoms with Crippen LogP contribution in [-0.4, -0.2) is 36.5 Å². The summed E-state index contributed by atoms with van der Waals surface area (Å²) in [6.07, 6.45) is 1.57. The van der Waals surface area contributed by atoms with Crippen LogP contribution < -0.4 is 0 Å². The van der Waals surface area contributed by atoms with E-state index in [1.54, 1.807) is 17.9 Å². The lowest BCUT2D eigenvalue weighted by Crippen LogP contribution is -2.42. The molecule has 1 atom stereocenters. The highest BCUT2D eigenvalue weighted by atomic mass is 16.5. The number of esters is 1. The first-order valence-corrected chi connectivity index (χ1v) is 7.63. The van der Waals surface area contributed by atoms with Gasteiger partial charge < -0.3 is 14.1 Å². The molecule has 2 aromatic rings. The number of carbonyl (C=O) groups excluding carboxylic acids is 2. The van der Waals surface area contributed by atoms with Gasteiger partial charge in [-0.15, -0.1) is 0 Å². The summed E-state index contributed by atoms with van der Waals surface area (Å²) < 4.78 is 10.7. The van der Waals surface area contributed by atoms with Crippen LogP contribution >= 0.6 is 0 Å². The van der Waals surface area contributed by atoms with Crippen LogP contribution in [-0.2, 0) is 9.53 Å². The molecule has 116 valence electrons. The fraction of sp³-hybridized carbons (Fsp3) is 0.412. The van der Waals surface area contributed by atoms with Crippen molar-refractivity contribution in [2.45, 2.75) is 19.8 Å². The van der Waals surface area contributed by atoms with E-state index >= 15 is 0 Å². The number of amides is 1. The molecule has 5 heteroatoms. The van der Waals surface area contributed by atoms with Crippen molar-refractivity contribution >= 4 is 22.8 Å². The zero-order chi connectivity index (χ0) is 15.5. The zero-order valence-corrected chi connectivity index (χ0v) is 12.6. The first-order valence-electron chi connectivity index (χ1n) is 7.63. The predicted molar refractivity (Wildman–Crippen MR) is 81.5 cm³/mol. The maximum Gasteiger partial charge on any atom is 0.310 e. The molecule has 1 amide bonds. The standard InChI is InChI=1S/C17H19NO4/c1-2-21-17(20)13-7-5-9-18(11-13)16(19)15-10-12-6-3-4-8-14(12)22-15/h3-4,6,8,10,13H,2,5,7,9,11H2,1H3. The minimum Gasteiger partial charge on any atom is -0.466 e. The van der Waals surface area contributed by atoms with Crippen LogP contribution in [0.15, 0.2) is 34.7 Å². The van der Waals surface area contributed by atoms with E-state index in [0.29, 0.717) is 31.0 Å². The van der Waals surface area contributed by atoms with Gasteiger partial charge in [0.1, 0.15) is 5.58 Å². The van der Waals surface area contributed by atoms with Crippen molar-refractivity contribution in [3.8, 4) is 0 Å². The molecule has 5 nitrogen and oxygen atoms in total. The number of carbonyl (C=O) groups is 2. The summed E-state index contributed by atoms with van der Waals surface area (Å²) in [5.41, 5.74) is 0.699. The summed E-state index contributed by atoms with van der Waals surface area (Å²) in [6, 6.07) is 9.28. The molecule has 2 heterocycles. The van der Waals surface area contributed by atoms with E-state index in [-0.39, 0.29) is 17.8 Å². The fourth-order valence-corrected chi connectivity index (χ4v) is 2.86. The Hall–Kier alpha value is -2.30. The van der Waals surface area contributed by atoms with Gasteiger partial charge in [0.25, 0.3) is 5.91 Å². The molecule has 22 heavy (non-hydrogen) atoms. The van der Waals surface area contributed by atoms with Gasteiger partial charge in [-0.3, -0.25) is 9.59 Å². The second-order valence-electron chi connectivity index (χ2n) is 5.49. The van der Waals surface area contributed by atoms with Gasteiger partial charge in [-0.25, -0.2) is 0 Å². The van der Waals surface area contributed by atoms with Crippen LogP contribution in [0.2, 0.25) is 0 Å². The highest BCUT2D eigenvalue weighted by Gasteiger charge is 2.30. The summed E-state index contributed by atoms with van der Waals surface area (Å²) in [5, 5.41) is 0.907. The highest BCUT2D eigenvalue weighted by molar-refractivity contribution is 5.96. The molecule has 0 spiro atoms. The Morgan fingerprint density at radius 3 is 2.95 bits per heavy atom. The lowest BCUT2D eigenvalue weighted by atomic mass is 9.98. The summed E-state index contributed by atoms with van der Waals surface area (Å²) >= 11 is 0. The number of likely N-dealkylation sites (tertiary alicyclic amines) is 1. The number of benzene rings is 1. The van der Waals surface area contributed by atoms with E-state index in [0.717, 1.165) is 18.2 Å². The molecule has 1 aromatic heterocycles. The van der Waals surface area contributed by atoms with Crippen LogP contribution in [0, 0.1) is 5.92 Å². The van der Waals surface area contributed by atoms with Crippen molar-refractivity contribution in [1.29, 1.82) is 0 Å². The highest BCUT2D eigenvalue weighted by Crippen LogP contribution is 2.23. The fourth-order valence-electron chi connectivity index (χ4n) is 2.86.